The second-order valence-corrected chi connectivity index (χ2v) is 4.73. The molecule has 22 heavy (non-hydrogen) atoms. The van der Waals surface area contributed by atoms with E-state index in [1.165, 1.54) is 5.56 Å². The molecule has 0 amide bonds. The van der Waals surface area contributed by atoms with Crippen LogP contribution in [0.3, 0.4) is 0 Å². The number of nitrogens with zero attached hydrogens (tertiary/aromatic N) is 2. The molecule has 1 aromatic rings. The Bertz CT molecular complexity index is 419. The Labute approximate surface area is 151 Å². The molecular formula is C16H29IN4O. The van der Waals surface area contributed by atoms with Gasteiger partial charge in [0.15, 0.2) is 5.96 Å². The van der Waals surface area contributed by atoms with Crippen LogP contribution in [0.2, 0.25) is 0 Å². The second-order valence-electron chi connectivity index (χ2n) is 4.73. The van der Waals surface area contributed by atoms with Crippen molar-refractivity contribution in [2.75, 3.05) is 40.3 Å². The molecule has 0 aliphatic carbocycles. The molecule has 6 heteroatoms. The summed E-state index contributed by atoms with van der Waals surface area (Å²) in [6.45, 7) is 9.18. The van der Waals surface area contributed by atoms with Crippen molar-refractivity contribution < 1.29 is 4.74 Å². The van der Waals surface area contributed by atoms with Gasteiger partial charge < -0.3 is 20.3 Å². The molecule has 0 atom stereocenters. The number of halogens is 1. The molecule has 0 unspecified atom stereocenters. The molecule has 126 valence electrons. The first kappa shape index (κ1) is 21.0. The summed E-state index contributed by atoms with van der Waals surface area (Å²) in [6, 6.07) is 8.03. The zero-order valence-electron chi connectivity index (χ0n) is 14.1. The number of benzene rings is 1. The highest BCUT2D eigenvalue weighted by atomic mass is 127. The highest BCUT2D eigenvalue weighted by molar-refractivity contribution is 14.0. The Hall–Kier alpha value is -1.02. The standard InChI is InChI=1S/C16H28N4O.HI/c1-5-20(6-2)12-11-18-16(17-3)19-13-14-7-9-15(21-4)10-8-14;/h7-10H,5-6,11-13H2,1-4H3,(H2,17,18,19);1H. The molecule has 0 saturated heterocycles. The summed E-state index contributed by atoms with van der Waals surface area (Å²) >= 11 is 0. The van der Waals surface area contributed by atoms with Gasteiger partial charge in [0.25, 0.3) is 0 Å². The lowest BCUT2D eigenvalue weighted by atomic mass is 10.2. The Morgan fingerprint density at radius 1 is 1.14 bits per heavy atom. The number of hydrogen-bond acceptors (Lipinski definition) is 3. The van der Waals surface area contributed by atoms with Gasteiger partial charge in [0.05, 0.1) is 7.11 Å². The molecule has 0 heterocycles. The monoisotopic (exact) mass is 420 g/mol. The molecule has 0 aliphatic rings. The van der Waals surface area contributed by atoms with Crippen molar-refractivity contribution in [2.24, 2.45) is 4.99 Å². The molecule has 1 aromatic carbocycles. The van der Waals surface area contributed by atoms with E-state index in [0.717, 1.165) is 44.4 Å². The van der Waals surface area contributed by atoms with E-state index in [-0.39, 0.29) is 24.0 Å². The van der Waals surface area contributed by atoms with Crippen molar-refractivity contribution in [1.82, 2.24) is 15.5 Å². The van der Waals surface area contributed by atoms with Crippen LogP contribution in [0.5, 0.6) is 5.75 Å². The number of methoxy groups -OCH3 is 1. The minimum Gasteiger partial charge on any atom is -0.497 e. The lowest BCUT2D eigenvalue weighted by molar-refractivity contribution is 0.308. The predicted molar refractivity (Wildman–Crippen MR) is 104 cm³/mol. The first-order valence-corrected chi connectivity index (χ1v) is 7.53. The normalized spacial score (nSPS) is 11.0. The summed E-state index contributed by atoms with van der Waals surface area (Å²) in [5.74, 6) is 1.71. The fourth-order valence-electron chi connectivity index (χ4n) is 2.02. The van der Waals surface area contributed by atoms with Crippen LogP contribution in [-0.4, -0.2) is 51.2 Å². The maximum atomic E-state index is 5.15. The van der Waals surface area contributed by atoms with Gasteiger partial charge in [-0.1, -0.05) is 26.0 Å². The lowest BCUT2D eigenvalue weighted by Gasteiger charge is -2.19. The number of nitrogens with one attached hydrogen (secondary N) is 2. The Balaban J connectivity index is 0.00000441. The van der Waals surface area contributed by atoms with Gasteiger partial charge >= 0.3 is 0 Å². The minimum atomic E-state index is 0. The van der Waals surface area contributed by atoms with Crippen molar-refractivity contribution in [2.45, 2.75) is 20.4 Å². The van der Waals surface area contributed by atoms with Gasteiger partial charge in [-0.2, -0.15) is 0 Å². The maximum Gasteiger partial charge on any atom is 0.191 e. The fraction of sp³-hybridized carbons (Fsp3) is 0.562. The first-order valence-electron chi connectivity index (χ1n) is 7.53. The van der Waals surface area contributed by atoms with Gasteiger partial charge in [-0.15, -0.1) is 24.0 Å². The number of aliphatic imine (C=N–C) groups is 1. The summed E-state index contributed by atoms with van der Waals surface area (Å²) in [6.07, 6.45) is 0. The van der Waals surface area contributed by atoms with Gasteiger partial charge in [-0.3, -0.25) is 4.99 Å². The highest BCUT2D eigenvalue weighted by Crippen LogP contribution is 2.10. The largest absolute Gasteiger partial charge is 0.497 e. The van der Waals surface area contributed by atoms with Crippen molar-refractivity contribution in [3.8, 4) is 5.75 Å². The molecule has 0 saturated carbocycles. The molecule has 0 fully saturated rings. The third-order valence-corrected chi connectivity index (χ3v) is 3.46. The van der Waals surface area contributed by atoms with Crippen LogP contribution >= 0.6 is 24.0 Å². The average Bonchev–Trinajstić information content (AvgIpc) is 2.55. The van der Waals surface area contributed by atoms with Gasteiger partial charge in [-0.25, -0.2) is 0 Å². The van der Waals surface area contributed by atoms with Gasteiger partial charge in [0.2, 0.25) is 0 Å². The molecule has 0 spiro atoms. The van der Waals surface area contributed by atoms with Crippen molar-refractivity contribution in [3.63, 3.8) is 0 Å². The first-order chi connectivity index (χ1) is 10.2. The third-order valence-electron chi connectivity index (χ3n) is 3.46. The number of rotatable bonds is 8. The summed E-state index contributed by atoms with van der Waals surface area (Å²) in [4.78, 5) is 6.62. The Kier molecular flexibility index (Phi) is 11.9. The number of likely N-dealkylation sites (N-methyl/N-ethyl adjacent to an activating group) is 1. The van der Waals surface area contributed by atoms with E-state index in [2.05, 4.69) is 46.5 Å². The summed E-state index contributed by atoms with van der Waals surface area (Å²) in [5.41, 5.74) is 1.20. The van der Waals surface area contributed by atoms with E-state index >= 15 is 0 Å². The van der Waals surface area contributed by atoms with Crippen LogP contribution < -0.4 is 15.4 Å². The van der Waals surface area contributed by atoms with E-state index in [9.17, 15) is 0 Å². The predicted octanol–water partition coefficient (Wildman–Crippen LogP) is 2.32. The fourth-order valence-corrected chi connectivity index (χ4v) is 2.02. The number of ether oxygens (including phenoxy) is 1. The van der Waals surface area contributed by atoms with Crippen LogP contribution in [0.4, 0.5) is 0 Å². The quantitative estimate of drug-likeness (QED) is 0.385. The lowest BCUT2D eigenvalue weighted by Crippen LogP contribution is -2.41. The van der Waals surface area contributed by atoms with Crippen LogP contribution in [0.15, 0.2) is 29.3 Å². The highest BCUT2D eigenvalue weighted by Gasteiger charge is 2.01. The summed E-state index contributed by atoms with van der Waals surface area (Å²) in [7, 11) is 3.47. The summed E-state index contributed by atoms with van der Waals surface area (Å²) in [5, 5.41) is 6.65. The van der Waals surface area contributed by atoms with Crippen LogP contribution in [0.25, 0.3) is 0 Å². The molecule has 0 aliphatic heterocycles. The van der Waals surface area contributed by atoms with E-state index in [1.54, 1.807) is 14.2 Å². The maximum absolute atomic E-state index is 5.15. The smallest absolute Gasteiger partial charge is 0.191 e. The van der Waals surface area contributed by atoms with Gasteiger partial charge in [0.1, 0.15) is 5.75 Å². The molecule has 0 bridgehead atoms. The van der Waals surface area contributed by atoms with E-state index < -0.39 is 0 Å². The molecule has 0 radical (unpaired) electrons. The van der Waals surface area contributed by atoms with E-state index in [4.69, 9.17) is 4.74 Å². The van der Waals surface area contributed by atoms with Crippen molar-refractivity contribution in [1.29, 1.82) is 0 Å². The average molecular weight is 420 g/mol. The van der Waals surface area contributed by atoms with Crippen molar-refractivity contribution in [3.05, 3.63) is 29.8 Å². The van der Waals surface area contributed by atoms with Crippen LogP contribution in [-0.2, 0) is 6.54 Å². The molecule has 5 nitrogen and oxygen atoms in total. The number of hydrogen-bond donors (Lipinski definition) is 2. The van der Waals surface area contributed by atoms with Gasteiger partial charge in [-0.05, 0) is 30.8 Å². The number of guanidine groups is 1. The van der Waals surface area contributed by atoms with Crippen LogP contribution in [0, 0.1) is 0 Å². The summed E-state index contributed by atoms with van der Waals surface area (Å²) < 4.78 is 5.15. The third kappa shape index (κ3) is 7.84. The van der Waals surface area contributed by atoms with E-state index in [0.29, 0.717) is 0 Å². The van der Waals surface area contributed by atoms with Crippen molar-refractivity contribution >= 4 is 29.9 Å². The molecule has 0 aromatic heterocycles. The minimum absolute atomic E-state index is 0. The van der Waals surface area contributed by atoms with Crippen LogP contribution in [0.1, 0.15) is 19.4 Å². The molecule has 2 N–H and O–H groups in total. The van der Waals surface area contributed by atoms with Gasteiger partial charge in [0, 0.05) is 26.7 Å². The zero-order chi connectivity index (χ0) is 15.5. The molecule has 1 rings (SSSR count). The second kappa shape index (κ2) is 12.5. The molecular weight excluding hydrogens is 391 g/mol. The topological polar surface area (TPSA) is 48.9 Å². The zero-order valence-corrected chi connectivity index (χ0v) is 16.4. The Morgan fingerprint density at radius 2 is 1.77 bits per heavy atom. The SMILES string of the molecule is CCN(CC)CCNC(=NC)NCc1ccc(OC)cc1.I. The Morgan fingerprint density at radius 3 is 2.27 bits per heavy atom. The van der Waals surface area contributed by atoms with E-state index in [1.807, 2.05) is 12.1 Å².